The fraction of sp³-hybridized carbons (Fsp3) is 0.643. The van der Waals surface area contributed by atoms with E-state index in [9.17, 15) is 0 Å². The molecule has 0 radical (unpaired) electrons. The molecule has 6 heteroatoms. The van der Waals surface area contributed by atoms with Crippen LogP contribution >= 0.6 is 11.3 Å². The van der Waals surface area contributed by atoms with Crippen molar-refractivity contribution >= 4 is 16.3 Å². The molecule has 3 heterocycles. The van der Waals surface area contributed by atoms with Crippen molar-refractivity contribution in [2.45, 2.75) is 31.8 Å². The van der Waals surface area contributed by atoms with Crippen molar-refractivity contribution in [3.63, 3.8) is 0 Å². The van der Waals surface area contributed by atoms with E-state index in [1.54, 1.807) is 11.3 Å². The molecule has 5 nitrogen and oxygen atoms in total. The summed E-state index contributed by atoms with van der Waals surface area (Å²) < 4.78 is 7.49. The van der Waals surface area contributed by atoms with E-state index in [1.165, 1.54) is 0 Å². The lowest BCUT2D eigenvalue weighted by Crippen LogP contribution is -2.59. The predicted octanol–water partition coefficient (Wildman–Crippen LogP) is 1.38. The minimum absolute atomic E-state index is 0.0409. The maximum absolute atomic E-state index is 6.48. The molecule has 20 heavy (non-hydrogen) atoms. The highest BCUT2D eigenvalue weighted by Gasteiger charge is 2.34. The van der Waals surface area contributed by atoms with Gasteiger partial charge in [-0.2, -0.15) is 0 Å². The zero-order chi connectivity index (χ0) is 14.2. The van der Waals surface area contributed by atoms with Gasteiger partial charge in [-0.1, -0.05) is 0 Å². The summed E-state index contributed by atoms with van der Waals surface area (Å²) in [5.74, 6) is 0. The van der Waals surface area contributed by atoms with Crippen LogP contribution in [0.15, 0.2) is 17.8 Å². The molecule has 2 N–H and O–H groups in total. The number of fused-ring (bicyclic) bond motifs is 1. The number of imidazole rings is 1. The number of morpholine rings is 1. The second-order valence-corrected chi connectivity index (χ2v) is 6.76. The fourth-order valence-corrected chi connectivity index (χ4v) is 3.44. The van der Waals surface area contributed by atoms with Crippen LogP contribution in [0.1, 0.15) is 19.5 Å². The Morgan fingerprint density at radius 3 is 2.90 bits per heavy atom. The van der Waals surface area contributed by atoms with Crippen molar-refractivity contribution < 1.29 is 4.74 Å². The molecule has 0 spiro atoms. The molecular weight excluding hydrogens is 272 g/mol. The highest BCUT2D eigenvalue weighted by Crippen LogP contribution is 2.22. The SMILES string of the molecule is CC(C)(C(N)Cc1cn2ccsc2n1)N1CCOCC1. The molecule has 0 saturated carbocycles. The van der Waals surface area contributed by atoms with Gasteiger partial charge in [-0.05, 0) is 13.8 Å². The molecule has 3 rings (SSSR count). The van der Waals surface area contributed by atoms with Crippen molar-refractivity contribution in [3.8, 4) is 0 Å². The van der Waals surface area contributed by atoms with Crippen molar-refractivity contribution in [1.82, 2.24) is 14.3 Å². The van der Waals surface area contributed by atoms with Gasteiger partial charge in [0.15, 0.2) is 4.96 Å². The molecular formula is C14H22N4OS. The van der Waals surface area contributed by atoms with E-state index in [1.807, 2.05) is 11.6 Å². The van der Waals surface area contributed by atoms with E-state index in [4.69, 9.17) is 10.5 Å². The van der Waals surface area contributed by atoms with Crippen molar-refractivity contribution in [2.75, 3.05) is 26.3 Å². The van der Waals surface area contributed by atoms with E-state index in [0.29, 0.717) is 0 Å². The van der Waals surface area contributed by atoms with E-state index < -0.39 is 0 Å². The minimum atomic E-state index is -0.0409. The monoisotopic (exact) mass is 294 g/mol. The van der Waals surface area contributed by atoms with Gasteiger partial charge in [-0.3, -0.25) is 9.30 Å². The van der Waals surface area contributed by atoms with Crippen molar-refractivity contribution in [2.24, 2.45) is 5.73 Å². The first-order chi connectivity index (χ1) is 9.57. The van der Waals surface area contributed by atoms with Gasteiger partial charge in [0.05, 0.1) is 18.9 Å². The molecule has 0 bridgehead atoms. The highest BCUT2D eigenvalue weighted by molar-refractivity contribution is 7.15. The van der Waals surface area contributed by atoms with Gasteiger partial charge in [0, 0.05) is 48.9 Å². The lowest BCUT2D eigenvalue weighted by atomic mass is 9.89. The van der Waals surface area contributed by atoms with Crippen molar-refractivity contribution in [3.05, 3.63) is 23.5 Å². The molecule has 110 valence electrons. The molecule has 1 fully saturated rings. The molecule has 2 aromatic rings. The molecule has 2 aromatic heterocycles. The normalized spacial score (nSPS) is 19.6. The smallest absolute Gasteiger partial charge is 0.193 e. The largest absolute Gasteiger partial charge is 0.379 e. The second-order valence-electron chi connectivity index (χ2n) is 5.89. The number of ether oxygens (including phenoxy) is 1. The first kappa shape index (κ1) is 14.0. The summed E-state index contributed by atoms with van der Waals surface area (Å²) in [6.07, 6.45) is 4.93. The molecule has 0 amide bonds. The number of aromatic nitrogens is 2. The summed E-state index contributed by atoms with van der Waals surface area (Å²) >= 11 is 1.65. The molecule has 1 aliphatic rings. The number of thiazole rings is 1. The van der Waals surface area contributed by atoms with Gasteiger partial charge in [0.1, 0.15) is 0 Å². The summed E-state index contributed by atoms with van der Waals surface area (Å²) in [6, 6.07) is 0.0604. The lowest BCUT2D eigenvalue weighted by Gasteiger charge is -2.44. The van der Waals surface area contributed by atoms with Crippen LogP contribution in [0, 0.1) is 0 Å². The number of hydrogen-bond donors (Lipinski definition) is 1. The average molecular weight is 294 g/mol. The third kappa shape index (κ3) is 2.61. The maximum atomic E-state index is 6.48. The summed E-state index contributed by atoms with van der Waals surface area (Å²) in [4.78, 5) is 8.10. The number of nitrogens with two attached hydrogens (primary N) is 1. The van der Waals surface area contributed by atoms with Gasteiger partial charge in [0.25, 0.3) is 0 Å². The number of rotatable bonds is 4. The fourth-order valence-electron chi connectivity index (χ4n) is 2.72. The zero-order valence-electron chi connectivity index (χ0n) is 12.1. The molecule has 1 atom stereocenters. The van der Waals surface area contributed by atoms with Crippen molar-refractivity contribution in [1.29, 1.82) is 0 Å². The van der Waals surface area contributed by atoms with Gasteiger partial charge in [0.2, 0.25) is 0 Å². The Balaban J connectivity index is 1.70. The summed E-state index contributed by atoms with van der Waals surface area (Å²) in [5.41, 5.74) is 7.51. The van der Waals surface area contributed by atoms with E-state index >= 15 is 0 Å². The van der Waals surface area contributed by atoms with E-state index in [-0.39, 0.29) is 11.6 Å². The average Bonchev–Trinajstić information content (AvgIpc) is 3.00. The summed E-state index contributed by atoms with van der Waals surface area (Å²) in [7, 11) is 0. The van der Waals surface area contributed by atoms with Crippen LogP contribution in [0.25, 0.3) is 4.96 Å². The third-order valence-electron chi connectivity index (χ3n) is 4.31. The quantitative estimate of drug-likeness (QED) is 0.925. The standard InChI is InChI=1S/C14H22N4OS/c1-14(2,18-3-6-19-7-4-18)12(15)9-11-10-17-5-8-20-13(17)16-11/h5,8,10,12H,3-4,6-7,9,15H2,1-2H3. The van der Waals surface area contributed by atoms with Crippen LogP contribution in [0.3, 0.4) is 0 Å². The second kappa shape index (κ2) is 5.44. The third-order valence-corrected chi connectivity index (χ3v) is 5.08. The lowest BCUT2D eigenvalue weighted by molar-refractivity contribution is -0.0186. The molecule has 0 aliphatic carbocycles. The van der Waals surface area contributed by atoms with Gasteiger partial charge < -0.3 is 10.5 Å². The predicted molar refractivity (Wildman–Crippen MR) is 81.2 cm³/mol. The molecule has 0 aromatic carbocycles. The van der Waals surface area contributed by atoms with Gasteiger partial charge >= 0.3 is 0 Å². The topological polar surface area (TPSA) is 55.8 Å². The van der Waals surface area contributed by atoms with Crippen LogP contribution in [0.2, 0.25) is 0 Å². The Morgan fingerprint density at radius 1 is 1.45 bits per heavy atom. The Bertz CT molecular complexity index is 542. The van der Waals surface area contributed by atoms with Crippen LogP contribution in [-0.2, 0) is 11.2 Å². The molecule has 1 saturated heterocycles. The Kier molecular flexibility index (Phi) is 3.81. The zero-order valence-corrected chi connectivity index (χ0v) is 12.9. The van der Waals surface area contributed by atoms with Crippen LogP contribution in [0.4, 0.5) is 0 Å². The Hall–Kier alpha value is -0.950. The minimum Gasteiger partial charge on any atom is -0.379 e. The first-order valence-corrected chi connectivity index (χ1v) is 7.95. The van der Waals surface area contributed by atoms with E-state index in [2.05, 4.69) is 34.3 Å². The molecule has 1 unspecified atom stereocenters. The van der Waals surface area contributed by atoms with Crippen LogP contribution < -0.4 is 5.73 Å². The van der Waals surface area contributed by atoms with Gasteiger partial charge in [-0.15, -0.1) is 11.3 Å². The number of hydrogen-bond acceptors (Lipinski definition) is 5. The van der Waals surface area contributed by atoms with E-state index in [0.717, 1.165) is 43.4 Å². The summed E-state index contributed by atoms with van der Waals surface area (Å²) in [6.45, 7) is 7.97. The van der Waals surface area contributed by atoms with Crippen LogP contribution in [-0.4, -0.2) is 52.2 Å². The van der Waals surface area contributed by atoms with Gasteiger partial charge in [-0.25, -0.2) is 4.98 Å². The number of nitrogens with zero attached hydrogens (tertiary/aromatic N) is 3. The van der Waals surface area contributed by atoms with Crippen LogP contribution in [0.5, 0.6) is 0 Å². The summed E-state index contributed by atoms with van der Waals surface area (Å²) in [5, 5.41) is 2.05. The Morgan fingerprint density at radius 2 is 2.20 bits per heavy atom. The maximum Gasteiger partial charge on any atom is 0.193 e. The molecule has 1 aliphatic heterocycles. The highest BCUT2D eigenvalue weighted by atomic mass is 32.1. The first-order valence-electron chi connectivity index (χ1n) is 7.07. The Labute approximate surface area is 123 Å².